The van der Waals surface area contributed by atoms with Crippen LogP contribution >= 0.6 is 0 Å². The molecule has 0 aromatic carbocycles. The van der Waals surface area contributed by atoms with Crippen molar-refractivity contribution in [3.05, 3.63) is 23.3 Å². The van der Waals surface area contributed by atoms with Crippen molar-refractivity contribution in [1.82, 2.24) is 9.97 Å². The summed E-state index contributed by atoms with van der Waals surface area (Å²) in [4.78, 5) is 8.20. The number of hydrogen-bond donors (Lipinski definition) is 0. The average molecular weight is 135 g/mol. The van der Waals surface area contributed by atoms with Gasteiger partial charge in [-0.15, -0.1) is 0 Å². The van der Waals surface area contributed by atoms with Gasteiger partial charge in [-0.3, -0.25) is 0 Å². The Balaban J connectivity index is 3.09. The van der Waals surface area contributed by atoms with Gasteiger partial charge in [0.1, 0.15) is 5.82 Å². The van der Waals surface area contributed by atoms with Crippen molar-refractivity contribution in [2.45, 2.75) is 27.2 Å². The largest absolute Gasteiger partial charge is 0.238 e. The molecule has 0 spiro atoms. The highest BCUT2D eigenvalue weighted by atomic mass is 14.9. The Morgan fingerprint density at radius 3 is 2.60 bits per heavy atom. The second-order valence-electron chi connectivity index (χ2n) is 2.31. The molecule has 0 atom stereocenters. The Kier molecular flexibility index (Phi) is 2.00. The summed E-state index contributed by atoms with van der Waals surface area (Å²) in [6.45, 7) is 5.95. The van der Waals surface area contributed by atoms with Crippen molar-refractivity contribution < 1.29 is 0 Å². The normalized spacial score (nSPS) is 9.90. The Morgan fingerprint density at radius 1 is 1.40 bits per heavy atom. The van der Waals surface area contributed by atoms with Gasteiger partial charge in [0.15, 0.2) is 0 Å². The summed E-state index contributed by atoms with van der Waals surface area (Å²) in [5.41, 5.74) is 2.17. The topological polar surface area (TPSA) is 25.8 Å². The molecule has 0 N–H and O–H groups in total. The standard InChI is InChI=1S/C8H11N2/c1-4-8-6(2)5-9-7(3)10-8/h4H2,1-3H3. The van der Waals surface area contributed by atoms with E-state index in [0.717, 1.165) is 23.5 Å². The van der Waals surface area contributed by atoms with E-state index in [2.05, 4.69) is 23.1 Å². The zero-order valence-electron chi connectivity index (χ0n) is 6.60. The van der Waals surface area contributed by atoms with Crippen LogP contribution in [-0.4, -0.2) is 9.97 Å². The van der Waals surface area contributed by atoms with E-state index in [0.29, 0.717) is 0 Å². The van der Waals surface area contributed by atoms with Crippen LogP contribution in [0.15, 0.2) is 0 Å². The first kappa shape index (κ1) is 7.19. The number of rotatable bonds is 1. The average Bonchev–Trinajstić information content (AvgIpc) is 1.94. The maximum absolute atomic E-state index is 4.25. The summed E-state index contributed by atoms with van der Waals surface area (Å²) >= 11 is 0. The van der Waals surface area contributed by atoms with Crippen LogP contribution in [0, 0.1) is 20.0 Å². The van der Waals surface area contributed by atoms with Crippen molar-refractivity contribution in [2.24, 2.45) is 0 Å². The number of nitrogens with zero attached hydrogens (tertiary/aromatic N) is 2. The predicted molar refractivity (Wildman–Crippen MR) is 39.7 cm³/mol. The van der Waals surface area contributed by atoms with Crippen molar-refractivity contribution >= 4 is 0 Å². The Hall–Kier alpha value is -0.920. The monoisotopic (exact) mass is 135 g/mol. The molecule has 10 heavy (non-hydrogen) atoms. The van der Waals surface area contributed by atoms with Crippen LogP contribution in [-0.2, 0) is 6.42 Å². The third-order valence-corrected chi connectivity index (χ3v) is 1.45. The van der Waals surface area contributed by atoms with Crippen LogP contribution in [0.2, 0.25) is 0 Å². The third-order valence-electron chi connectivity index (χ3n) is 1.45. The van der Waals surface area contributed by atoms with Crippen LogP contribution < -0.4 is 0 Å². The zero-order valence-corrected chi connectivity index (χ0v) is 6.60. The van der Waals surface area contributed by atoms with E-state index in [1.165, 1.54) is 0 Å². The molecule has 1 heterocycles. The molecule has 0 unspecified atom stereocenters. The fraction of sp³-hybridized carbons (Fsp3) is 0.500. The van der Waals surface area contributed by atoms with Crippen molar-refractivity contribution in [2.75, 3.05) is 0 Å². The van der Waals surface area contributed by atoms with Crippen LogP contribution in [0.4, 0.5) is 0 Å². The molecule has 0 bridgehead atoms. The van der Waals surface area contributed by atoms with E-state index in [1.807, 2.05) is 13.8 Å². The molecule has 1 aromatic rings. The fourth-order valence-electron chi connectivity index (χ4n) is 0.878. The zero-order chi connectivity index (χ0) is 7.56. The number of aryl methyl sites for hydroxylation is 3. The quantitative estimate of drug-likeness (QED) is 0.582. The van der Waals surface area contributed by atoms with E-state index < -0.39 is 0 Å². The van der Waals surface area contributed by atoms with E-state index in [9.17, 15) is 0 Å². The Morgan fingerprint density at radius 2 is 2.10 bits per heavy atom. The Bertz CT molecular complexity index is 231. The van der Waals surface area contributed by atoms with Crippen LogP contribution in [0.5, 0.6) is 0 Å². The second kappa shape index (κ2) is 2.78. The molecule has 0 aliphatic heterocycles. The van der Waals surface area contributed by atoms with Crippen molar-refractivity contribution in [1.29, 1.82) is 0 Å². The summed E-state index contributed by atoms with van der Waals surface area (Å²) in [5.74, 6) is 0.808. The molecule has 0 aliphatic rings. The highest BCUT2D eigenvalue weighted by Crippen LogP contribution is 2.02. The molecule has 1 radical (unpaired) electrons. The predicted octanol–water partition coefficient (Wildman–Crippen LogP) is 1.46. The summed E-state index contributed by atoms with van der Waals surface area (Å²) in [5, 5.41) is 0. The molecule has 0 aliphatic carbocycles. The second-order valence-corrected chi connectivity index (χ2v) is 2.31. The number of aromatic nitrogens is 2. The van der Waals surface area contributed by atoms with Gasteiger partial charge in [0, 0.05) is 5.69 Å². The lowest BCUT2D eigenvalue weighted by atomic mass is 10.2. The van der Waals surface area contributed by atoms with Gasteiger partial charge in [-0.1, -0.05) is 6.92 Å². The SMILES string of the molecule is CCc1nc(C)n[c]c1C. The molecule has 1 aromatic heterocycles. The first-order valence-electron chi connectivity index (χ1n) is 3.46. The summed E-state index contributed by atoms with van der Waals surface area (Å²) in [6, 6.07) is 0. The Labute approximate surface area is 61.3 Å². The minimum atomic E-state index is 0.808. The van der Waals surface area contributed by atoms with Gasteiger partial charge in [0.2, 0.25) is 0 Å². The van der Waals surface area contributed by atoms with E-state index in [1.54, 1.807) is 0 Å². The van der Waals surface area contributed by atoms with Crippen molar-refractivity contribution in [3.8, 4) is 0 Å². The summed E-state index contributed by atoms with van der Waals surface area (Å²) in [7, 11) is 0. The van der Waals surface area contributed by atoms with Gasteiger partial charge in [-0.05, 0) is 25.8 Å². The number of hydrogen-bond acceptors (Lipinski definition) is 2. The first-order valence-corrected chi connectivity index (χ1v) is 3.46. The van der Waals surface area contributed by atoms with E-state index in [-0.39, 0.29) is 0 Å². The van der Waals surface area contributed by atoms with Gasteiger partial charge in [-0.2, -0.15) is 0 Å². The molecular formula is C8H11N2. The molecule has 0 saturated carbocycles. The molecule has 0 fully saturated rings. The lowest BCUT2D eigenvalue weighted by Crippen LogP contribution is -1.96. The van der Waals surface area contributed by atoms with Gasteiger partial charge in [0.25, 0.3) is 0 Å². The van der Waals surface area contributed by atoms with Crippen LogP contribution in [0.3, 0.4) is 0 Å². The van der Waals surface area contributed by atoms with Gasteiger partial charge >= 0.3 is 0 Å². The van der Waals surface area contributed by atoms with E-state index in [4.69, 9.17) is 0 Å². The summed E-state index contributed by atoms with van der Waals surface area (Å²) in [6.07, 6.45) is 3.87. The molecule has 1 rings (SSSR count). The summed E-state index contributed by atoms with van der Waals surface area (Å²) < 4.78 is 0. The highest BCUT2D eigenvalue weighted by Gasteiger charge is 1.97. The minimum absolute atomic E-state index is 0.808. The molecular weight excluding hydrogens is 124 g/mol. The minimum Gasteiger partial charge on any atom is -0.238 e. The molecule has 0 amide bonds. The third kappa shape index (κ3) is 1.32. The lowest BCUT2D eigenvalue weighted by Gasteiger charge is -1.99. The molecule has 0 saturated heterocycles. The molecule has 53 valence electrons. The highest BCUT2D eigenvalue weighted by molar-refractivity contribution is 5.13. The van der Waals surface area contributed by atoms with Gasteiger partial charge in [0.05, 0.1) is 6.20 Å². The lowest BCUT2D eigenvalue weighted by molar-refractivity contribution is 0.921. The van der Waals surface area contributed by atoms with Gasteiger partial charge in [-0.25, -0.2) is 9.97 Å². The molecule has 2 heteroatoms. The first-order chi connectivity index (χ1) is 4.74. The fourth-order valence-corrected chi connectivity index (χ4v) is 0.878. The van der Waals surface area contributed by atoms with Crippen LogP contribution in [0.25, 0.3) is 0 Å². The van der Waals surface area contributed by atoms with E-state index >= 15 is 0 Å². The maximum atomic E-state index is 4.25. The van der Waals surface area contributed by atoms with Crippen LogP contribution in [0.1, 0.15) is 24.0 Å². The van der Waals surface area contributed by atoms with Gasteiger partial charge < -0.3 is 0 Å². The molecule has 2 nitrogen and oxygen atoms in total. The van der Waals surface area contributed by atoms with Crippen molar-refractivity contribution in [3.63, 3.8) is 0 Å². The maximum Gasteiger partial charge on any atom is 0.126 e. The smallest absolute Gasteiger partial charge is 0.126 e.